The van der Waals surface area contributed by atoms with Gasteiger partial charge in [0.05, 0.1) is 10.6 Å². The van der Waals surface area contributed by atoms with Gasteiger partial charge in [-0.3, -0.25) is 13.9 Å². The molecule has 9 heteroatoms. The van der Waals surface area contributed by atoms with E-state index in [1.165, 1.54) is 35.2 Å². The van der Waals surface area contributed by atoms with Gasteiger partial charge in [0.2, 0.25) is 11.8 Å². The molecule has 0 saturated heterocycles. The molecule has 1 N–H and O–H groups in total. The maximum atomic E-state index is 14.9. The molecule has 2 amide bonds. The molecular formula is C28H32FN3O4S. The van der Waals surface area contributed by atoms with Gasteiger partial charge in [-0.05, 0) is 50.1 Å². The quantitative estimate of drug-likeness (QED) is 0.403. The number of anilines is 1. The van der Waals surface area contributed by atoms with E-state index in [1.54, 1.807) is 25.1 Å². The largest absolute Gasteiger partial charge is 0.352 e. The molecule has 3 aromatic rings. The van der Waals surface area contributed by atoms with Crippen molar-refractivity contribution in [2.45, 2.75) is 50.7 Å². The average molecular weight is 526 g/mol. The normalized spacial score (nSPS) is 12.1. The van der Waals surface area contributed by atoms with Crippen molar-refractivity contribution in [2.24, 2.45) is 0 Å². The van der Waals surface area contributed by atoms with Crippen LogP contribution >= 0.6 is 0 Å². The molecule has 3 aromatic carbocycles. The van der Waals surface area contributed by atoms with Gasteiger partial charge in [-0.15, -0.1) is 0 Å². The Morgan fingerprint density at radius 3 is 2.03 bits per heavy atom. The Balaban J connectivity index is 2.05. The van der Waals surface area contributed by atoms with Gasteiger partial charge in [-0.1, -0.05) is 67.6 Å². The third-order valence-corrected chi connectivity index (χ3v) is 7.52. The van der Waals surface area contributed by atoms with Gasteiger partial charge in [-0.25, -0.2) is 12.8 Å². The van der Waals surface area contributed by atoms with Crippen LogP contribution in [0.15, 0.2) is 89.8 Å². The molecule has 0 bridgehead atoms. The highest BCUT2D eigenvalue weighted by atomic mass is 32.2. The number of rotatable bonds is 11. The van der Waals surface area contributed by atoms with Crippen LogP contribution in [0.3, 0.4) is 0 Å². The number of nitrogens with zero attached hydrogens (tertiary/aromatic N) is 2. The Morgan fingerprint density at radius 2 is 1.46 bits per heavy atom. The molecule has 7 nitrogen and oxygen atoms in total. The van der Waals surface area contributed by atoms with Crippen molar-refractivity contribution in [1.82, 2.24) is 10.2 Å². The first-order chi connectivity index (χ1) is 17.6. The predicted molar refractivity (Wildman–Crippen MR) is 142 cm³/mol. The van der Waals surface area contributed by atoms with E-state index in [-0.39, 0.29) is 29.1 Å². The summed E-state index contributed by atoms with van der Waals surface area (Å²) in [6.45, 7) is 4.82. The topological polar surface area (TPSA) is 86.8 Å². The molecular weight excluding hydrogens is 493 g/mol. The first kappa shape index (κ1) is 27.9. The van der Waals surface area contributed by atoms with Crippen molar-refractivity contribution in [3.63, 3.8) is 0 Å². The van der Waals surface area contributed by atoms with Gasteiger partial charge in [0, 0.05) is 12.6 Å². The lowest BCUT2D eigenvalue weighted by atomic mass is 10.1. The lowest BCUT2D eigenvalue weighted by molar-refractivity contribution is -0.140. The maximum Gasteiger partial charge on any atom is 0.264 e. The third kappa shape index (κ3) is 6.95. The van der Waals surface area contributed by atoms with Crippen molar-refractivity contribution in [3.05, 3.63) is 96.3 Å². The van der Waals surface area contributed by atoms with Gasteiger partial charge >= 0.3 is 0 Å². The van der Waals surface area contributed by atoms with E-state index in [0.717, 1.165) is 15.9 Å². The second kappa shape index (κ2) is 12.5. The fourth-order valence-corrected chi connectivity index (χ4v) is 5.41. The first-order valence-corrected chi connectivity index (χ1v) is 13.5. The molecule has 0 aliphatic rings. The van der Waals surface area contributed by atoms with Gasteiger partial charge in [0.25, 0.3) is 10.0 Å². The number of para-hydroxylation sites is 1. The van der Waals surface area contributed by atoms with Crippen LogP contribution in [-0.4, -0.2) is 43.8 Å². The van der Waals surface area contributed by atoms with Crippen molar-refractivity contribution >= 4 is 27.5 Å². The number of sulfonamides is 1. The molecule has 1 unspecified atom stereocenters. The number of carbonyl (C=O) groups excluding carboxylic acids is 2. The van der Waals surface area contributed by atoms with Crippen LogP contribution in [0.4, 0.5) is 10.1 Å². The van der Waals surface area contributed by atoms with E-state index in [1.807, 2.05) is 44.2 Å². The molecule has 37 heavy (non-hydrogen) atoms. The molecule has 0 heterocycles. The Bertz CT molecular complexity index is 1300. The molecule has 196 valence electrons. The van der Waals surface area contributed by atoms with Crippen LogP contribution in [0.2, 0.25) is 0 Å². The molecule has 1 atom stereocenters. The second-order valence-corrected chi connectivity index (χ2v) is 10.7. The Kier molecular flexibility index (Phi) is 9.41. The van der Waals surface area contributed by atoms with E-state index in [4.69, 9.17) is 0 Å². The van der Waals surface area contributed by atoms with Crippen molar-refractivity contribution < 1.29 is 22.4 Å². The fraction of sp³-hybridized carbons (Fsp3) is 0.286. The average Bonchev–Trinajstić information content (AvgIpc) is 2.88. The van der Waals surface area contributed by atoms with Gasteiger partial charge < -0.3 is 10.2 Å². The summed E-state index contributed by atoms with van der Waals surface area (Å²) < 4.78 is 42.9. The first-order valence-electron chi connectivity index (χ1n) is 12.1. The summed E-state index contributed by atoms with van der Waals surface area (Å²) in [7, 11) is -4.30. The highest BCUT2D eigenvalue weighted by Crippen LogP contribution is 2.27. The minimum absolute atomic E-state index is 0.0785. The Labute approximate surface area is 218 Å². The van der Waals surface area contributed by atoms with Crippen LogP contribution in [0.5, 0.6) is 0 Å². The predicted octanol–water partition coefficient (Wildman–Crippen LogP) is 4.35. The van der Waals surface area contributed by atoms with E-state index in [9.17, 15) is 22.4 Å². The monoisotopic (exact) mass is 525 g/mol. The number of hydrogen-bond donors (Lipinski definition) is 1. The zero-order valence-corrected chi connectivity index (χ0v) is 22.0. The fourth-order valence-electron chi connectivity index (χ4n) is 3.97. The van der Waals surface area contributed by atoms with Gasteiger partial charge in [-0.2, -0.15) is 0 Å². The summed E-state index contributed by atoms with van der Waals surface area (Å²) in [5, 5.41) is 2.84. The molecule has 0 radical (unpaired) electrons. The number of benzene rings is 3. The Morgan fingerprint density at radius 1 is 0.892 bits per heavy atom. The van der Waals surface area contributed by atoms with Gasteiger partial charge in [0.1, 0.15) is 18.4 Å². The number of hydrogen-bond acceptors (Lipinski definition) is 4. The lowest BCUT2D eigenvalue weighted by Crippen LogP contribution is -2.53. The van der Waals surface area contributed by atoms with Crippen molar-refractivity contribution in [3.8, 4) is 0 Å². The number of nitrogens with one attached hydrogen (secondary N) is 1. The van der Waals surface area contributed by atoms with Crippen LogP contribution in [0.1, 0.15) is 32.8 Å². The second-order valence-electron chi connectivity index (χ2n) is 8.87. The van der Waals surface area contributed by atoms with E-state index in [0.29, 0.717) is 6.42 Å². The summed E-state index contributed by atoms with van der Waals surface area (Å²) in [6, 6.07) is 21.1. The lowest BCUT2D eigenvalue weighted by Gasteiger charge is -2.33. The van der Waals surface area contributed by atoms with Crippen molar-refractivity contribution in [2.75, 3.05) is 10.8 Å². The molecule has 0 aromatic heterocycles. The number of amides is 2. The van der Waals surface area contributed by atoms with Crippen LogP contribution in [0.25, 0.3) is 0 Å². The minimum atomic E-state index is -4.30. The van der Waals surface area contributed by atoms with Crippen molar-refractivity contribution in [1.29, 1.82) is 0 Å². The summed E-state index contributed by atoms with van der Waals surface area (Å²) in [4.78, 5) is 28.2. The van der Waals surface area contributed by atoms with E-state index >= 15 is 0 Å². The molecule has 0 aliphatic heterocycles. The number of halogens is 1. The molecule has 0 aliphatic carbocycles. The highest BCUT2D eigenvalue weighted by molar-refractivity contribution is 7.92. The number of carbonyl (C=O) groups is 2. The van der Waals surface area contributed by atoms with E-state index < -0.39 is 34.3 Å². The molecule has 0 fully saturated rings. The summed E-state index contributed by atoms with van der Waals surface area (Å²) in [5.41, 5.74) is 0.522. The van der Waals surface area contributed by atoms with Gasteiger partial charge in [0.15, 0.2) is 0 Å². The smallest absolute Gasteiger partial charge is 0.264 e. The van der Waals surface area contributed by atoms with E-state index in [2.05, 4.69) is 5.32 Å². The van der Waals surface area contributed by atoms with Crippen LogP contribution in [-0.2, 0) is 26.2 Å². The standard InChI is InChI=1S/C28H32FN3O4S/c1-4-25(28(34)30-21(2)3)31(19-22-13-7-5-8-14-22)27(33)20-32(26-18-12-11-17-24(26)29)37(35,36)23-15-9-6-10-16-23/h5-18,21,25H,4,19-20H2,1-3H3,(H,30,34). The van der Waals surface area contributed by atoms with Crippen LogP contribution < -0.4 is 9.62 Å². The third-order valence-electron chi connectivity index (χ3n) is 5.74. The zero-order valence-electron chi connectivity index (χ0n) is 21.2. The summed E-state index contributed by atoms with van der Waals surface area (Å²) >= 11 is 0. The van der Waals surface area contributed by atoms with Crippen LogP contribution in [0, 0.1) is 5.82 Å². The summed E-state index contributed by atoms with van der Waals surface area (Å²) in [6.07, 6.45) is 0.308. The molecule has 3 rings (SSSR count). The summed E-state index contributed by atoms with van der Waals surface area (Å²) in [5.74, 6) is -1.75. The maximum absolute atomic E-state index is 14.9. The molecule has 0 spiro atoms. The molecule has 0 saturated carbocycles. The SMILES string of the molecule is CCC(C(=O)NC(C)C)N(Cc1ccccc1)C(=O)CN(c1ccccc1F)S(=O)(=O)c1ccccc1. The highest BCUT2D eigenvalue weighted by Gasteiger charge is 2.34. The minimum Gasteiger partial charge on any atom is -0.352 e. The zero-order chi connectivity index (χ0) is 27.0. The Hall–Kier alpha value is -3.72.